The highest BCUT2D eigenvalue weighted by Crippen LogP contribution is 2.31. The SMILES string of the molecule is Cc1cccc(N)c1N1CCCCCC1CO. The van der Waals surface area contributed by atoms with Crippen LogP contribution in [0.1, 0.15) is 31.2 Å². The van der Waals surface area contributed by atoms with Crippen molar-refractivity contribution >= 4 is 11.4 Å². The molecule has 1 unspecified atom stereocenters. The minimum atomic E-state index is 0.216. The number of benzene rings is 1. The van der Waals surface area contributed by atoms with Gasteiger partial charge in [-0.3, -0.25) is 0 Å². The molecule has 3 N–H and O–H groups in total. The zero-order valence-corrected chi connectivity index (χ0v) is 10.5. The van der Waals surface area contributed by atoms with Crippen molar-refractivity contribution < 1.29 is 5.11 Å². The first-order valence-corrected chi connectivity index (χ1v) is 6.46. The summed E-state index contributed by atoms with van der Waals surface area (Å²) < 4.78 is 0. The van der Waals surface area contributed by atoms with Gasteiger partial charge in [0, 0.05) is 6.54 Å². The van der Waals surface area contributed by atoms with Crippen molar-refractivity contribution in [3.05, 3.63) is 23.8 Å². The van der Waals surface area contributed by atoms with E-state index in [-0.39, 0.29) is 12.6 Å². The Balaban J connectivity index is 2.34. The van der Waals surface area contributed by atoms with Gasteiger partial charge in [-0.2, -0.15) is 0 Å². The molecule has 1 heterocycles. The number of nitrogen functional groups attached to an aromatic ring is 1. The van der Waals surface area contributed by atoms with Gasteiger partial charge >= 0.3 is 0 Å². The Morgan fingerprint density at radius 2 is 2.18 bits per heavy atom. The van der Waals surface area contributed by atoms with Crippen LogP contribution in [0, 0.1) is 6.92 Å². The Kier molecular flexibility index (Phi) is 3.89. The first-order valence-electron chi connectivity index (χ1n) is 6.46. The second kappa shape index (κ2) is 5.41. The van der Waals surface area contributed by atoms with E-state index in [1.165, 1.54) is 24.8 Å². The van der Waals surface area contributed by atoms with E-state index in [0.717, 1.165) is 24.3 Å². The molecule has 94 valence electrons. The van der Waals surface area contributed by atoms with Crippen LogP contribution >= 0.6 is 0 Å². The first-order chi connectivity index (χ1) is 8.24. The molecule has 3 nitrogen and oxygen atoms in total. The highest BCUT2D eigenvalue weighted by Gasteiger charge is 2.23. The summed E-state index contributed by atoms with van der Waals surface area (Å²) in [5, 5.41) is 9.55. The third-order valence-corrected chi connectivity index (χ3v) is 3.64. The Bertz CT molecular complexity index is 358. The molecule has 1 aliphatic heterocycles. The van der Waals surface area contributed by atoms with E-state index in [0.29, 0.717) is 0 Å². The zero-order chi connectivity index (χ0) is 12.3. The average Bonchev–Trinajstić information content (AvgIpc) is 2.54. The number of nitrogens with zero attached hydrogens (tertiary/aromatic N) is 1. The lowest BCUT2D eigenvalue weighted by molar-refractivity contribution is 0.255. The van der Waals surface area contributed by atoms with Crippen molar-refractivity contribution in [3.8, 4) is 0 Å². The Morgan fingerprint density at radius 1 is 1.35 bits per heavy atom. The molecular formula is C14H22N2O. The molecule has 1 saturated heterocycles. The molecule has 0 bridgehead atoms. The van der Waals surface area contributed by atoms with Crippen LogP contribution in [0.5, 0.6) is 0 Å². The maximum absolute atomic E-state index is 9.55. The van der Waals surface area contributed by atoms with Crippen LogP contribution in [0.2, 0.25) is 0 Å². The third-order valence-electron chi connectivity index (χ3n) is 3.64. The van der Waals surface area contributed by atoms with Crippen LogP contribution in [0.4, 0.5) is 11.4 Å². The van der Waals surface area contributed by atoms with Crippen molar-refractivity contribution in [1.29, 1.82) is 0 Å². The van der Waals surface area contributed by atoms with E-state index in [4.69, 9.17) is 5.73 Å². The number of aliphatic hydroxyl groups is 1. The molecule has 1 aliphatic rings. The Hall–Kier alpha value is -1.22. The Labute approximate surface area is 103 Å². The lowest BCUT2D eigenvalue weighted by Gasteiger charge is -2.33. The van der Waals surface area contributed by atoms with Gasteiger partial charge in [0.05, 0.1) is 24.0 Å². The van der Waals surface area contributed by atoms with Crippen molar-refractivity contribution in [2.45, 2.75) is 38.6 Å². The fraction of sp³-hybridized carbons (Fsp3) is 0.571. The van der Waals surface area contributed by atoms with Gasteiger partial charge < -0.3 is 15.7 Å². The van der Waals surface area contributed by atoms with Crippen LogP contribution in [-0.4, -0.2) is 24.3 Å². The van der Waals surface area contributed by atoms with Crippen LogP contribution < -0.4 is 10.6 Å². The second-order valence-electron chi connectivity index (χ2n) is 4.89. The zero-order valence-electron chi connectivity index (χ0n) is 10.5. The fourth-order valence-corrected chi connectivity index (χ4v) is 2.74. The van der Waals surface area contributed by atoms with Gasteiger partial charge in [-0.15, -0.1) is 0 Å². The van der Waals surface area contributed by atoms with Gasteiger partial charge in [-0.1, -0.05) is 25.0 Å². The van der Waals surface area contributed by atoms with E-state index in [2.05, 4.69) is 17.9 Å². The quantitative estimate of drug-likeness (QED) is 0.772. The smallest absolute Gasteiger partial charge is 0.0635 e. The monoisotopic (exact) mass is 234 g/mol. The normalized spacial score (nSPS) is 21.3. The number of hydrogen-bond acceptors (Lipinski definition) is 3. The van der Waals surface area contributed by atoms with Gasteiger partial charge in [-0.05, 0) is 31.4 Å². The molecule has 3 heteroatoms. The number of para-hydroxylation sites is 1. The molecule has 0 saturated carbocycles. The maximum atomic E-state index is 9.55. The lowest BCUT2D eigenvalue weighted by atomic mass is 10.1. The third kappa shape index (κ3) is 2.55. The van der Waals surface area contributed by atoms with Gasteiger partial charge in [0.15, 0.2) is 0 Å². The summed E-state index contributed by atoms with van der Waals surface area (Å²) in [6, 6.07) is 6.24. The molecule has 0 amide bonds. The predicted molar refractivity (Wildman–Crippen MR) is 72.3 cm³/mol. The number of rotatable bonds is 2. The van der Waals surface area contributed by atoms with E-state index in [1.807, 2.05) is 12.1 Å². The Morgan fingerprint density at radius 3 is 2.88 bits per heavy atom. The van der Waals surface area contributed by atoms with Gasteiger partial charge in [-0.25, -0.2) is 0 Å². The van der Waals surface area contributed by atoms with Crippen LogP contribution in [0.25, 0.3) is 0 Å². The number of hydrogen-bond donors (Lipinski definition) is 2. The van der Waals surface area contributed by atoms with Crippen LogP contribution in [0.15, 0.2) is 18.2 Å². The van der Waals surface area contributed by atoms with Crippen molar-refractivity contribution in [3.63, 3.8) is 0 Å². The van der Waals surface area contributed by atoms with Crippen molar-refractivity contribution in [2.24, 2.45) is 0 Å². The number of nitrogens with two attached hydrogens (primary N) is 1. The fourth-order valence-electron chi connectivity index (χ4n) is 2.74. The summed E-state index contributed by atoms with van der Waals surface area (Å²) in [5.74, 6) is 0. The van der Waals surface area contributed by atoms with Crippen molar-refractivity contribution in [1.82, 2.24) is 0 Å². The lowest BCUT2D eigenvalue weighted by Crippen LogP contribution is -2.38. The minimum absolute atomic E-state index is 0.216. The predicted octanol–water partition coefficient (Wildman–Crippen LogP) is 2.32. The van der Waals surface area contributed by atoms with Crippen LogP contribution in [0.3, 0.4) is 0 Å². The molecule has 2 rings (SSSR count). The van der Waals surface area contributed by atoms with Gasteiger partial charge in [0.25, 0.3) is 0 Å². The molecule has 0 aliphatic carbocycles. The summed E-state index contributed by atoms with van der Waals surface area (Å²) in [5.41, 5.74) is 9.24. The summed E-state index contributed by atoms with van der Waals surface area (Å²) >= 11 is 0. The van der Waals surface area contributed by atoms with E-state index >= 15 is 0 Å². The molecule has 1 aromatic carbocycles. The standard InChI is InChI=1S/C14H22N2O/c1-11-6-5-8-13(15)14(11)16-9-4-2-3-7-12(16)10-17/h5-6,8,12,17H,2-4,7,9-10,15H2,1H3. The molecule has 1 aromatic rings. The number of aliphatic hydroxyl groups excluding tert-OH is 1. The molecular weight excluding hydrogens is 212 g/mol. The summed E-state index contributed by atoms with van der Waals surface area (Å²) in [7, 11) is 0. The molecule has 17 heavy (non-hydrogen) atoms. The van der Waals surface area contributed by atoms with E-state index in [1.54, 1.807) is 0 Å². The number of anilines is 2. The summed E-state index contributed by atoms with van der Waals surface area (Å²) in [6.07, 6.45) is 4.70. The molecule has 0 aromatic heterocycles. The minimum Gasteiger partial charge on any atom is -0.397 e. The maximum Gasteiger partial charge on any atom is 0.0635 e. The average molecular weight is 234 g/mol. The molecule has 1 atom stereocenters. The van der Waals surface area contributed by atoms with E-state index in [9.17, 15) is 5.11 Å². The largest absolute Gasteiger partial charge is 0.397 e. The van der Waals surface area contributed by atoms with Crippen LogP contribution in [-0.2, 0) is 0 Å². The van der Waals surface area contributed by atoms with E-state index < -0.39 is 0 Å². The highest BCUT2D eigenvalue weighted by atomic mass is 16.3. The number of aryl methyl sites for hydroxylation is 1. The summed E-state index contributed by atoms with van der Waals surface area (Å²) in [4.78, 5) is 2.30. The topological polar surface area (TPSA) is 49.5 Å². The first kappa shape index (κ1) is 12.2. The highest BCUT2D eigenvalue weighted by molar-refractivity contribution is 5.71. The van der Waals surface area contributed by atoms with Gasteiger partial charge in [0.1, 0.15) is 0 Å². The molecule has 1 fully saturated rings. The molecule has 0 radical (unpaired) electrons. The second-order valence-corrected chi connectivity index (χ2v) is 4.89. The molecule has 0 spiro atoms. The van der Waals surface area contributed by atoms with Gasteiger partial charge in [0.2, 0.25) is 0 Å². The summed E-state index contributed by atoms with van der Waals surface area (Å²) in [6.45, 7) is 3.30. The van der Waals surface area contributed by atoms with Crippen molar-refractivity contribution in [2.75, 3.05) is 23.8 Å².